The maximum Gasteiger partial charge on any atom is 0.308 e. The quantitative estimate of drug-likeness (QED) is 0.891. The molecule has 1 fully saturated rings. The maximum atomic E-state index is 12.4. The second-order valence-electron chi connectivity index (χ2n) is 4.97. The topological polar surface area (TPSA) is 83.5 Å². The Morgan fingerprint density at radius 2 is 2.10 bits per heavy atom. The van der Waals surface area contributed by atoms with Crippen LogP contribution in [0, 0.1) is 12.8 Å². The lowest BCUT2D eigenvalue weighted by Crippen LogP contribution is -2.40. The van der Waals surface area contributed by atoms with Crippen LogP contribution in [0.5, 0.6) is 0 Å². The van der Waals surface area contributed by atoms with E-state index in [2.05, 4.69) is 4.72 Å². The lowest BCUT2D eigenvalue weighted by atomic mass is 10.1. The van der Waals surface area contributed by atoms with Crippen LogP contribution in [0.3, 0.4) is 0 Å². The lowest BCUT2D eigenvalue weighted by Gasteiger charge is -2.18. The fraction of sp³-hybridized carbons (Fsp3) is 0.462. The Hall–Kier alpha value is -1.11. The fourth-order valence-electron chi connectivity index (χ4n) is 2.54. The van der Waals surface area contributed by atoms with Crippen LogP contribution in [0.2, 0.25) is 5.02 Å². The number of rotatable bonds is 4. The molecule has 1 aliphatic carbocycles. The summed E-state index contributed by atoms with van der Waals surface area (Å²) in [7, 11) is -3.76. The number of benzene rings is 1. The van der Waals surface area contributed by atoms with Crippen LogP contribution < -0.4 is 4.72 Å². The minimum atomic E-state index is -3.76. The summed E-state index contributed by atoms with van der Waals surface area (Å²) in [5.74, 6) is -1.62. The van der Waals surface area contributed by atoms with Gasteiger partial charge in [-0.2, -0.15) is 0 Å². The number of aliphatic carboxylic acids is 1. The van der Waals surface area contributed by atoms with E-state index in [0.29, 0.717) is 29.8 Å². The minimum Gasteiger partial charge on any atom is -0.481 e. The van der Waals surface area contributed by atoms with Crippen molar-refractivity contribution in [1.29, 1.82) is 0 Å². The zero-order valence-electron chi connectivity index (χ0n) is 11.0. The number of carboxylic acids is 1. The van der Waals surface area contributed by atoms with Crippen LogP contribution in [0.4, 0.5) is 0 Å². The van der Waals surface area contributed by atoms with E-state index in [9.17, 15) is 13.2 Å². The third-order valence-electron chi connectivity index (χ3n) is 3.65. The van der Waals surface area contributed by atoms with Crippen LogP contribution in [-0.2, 0) is 14.8 Å². The molecule has 5 nitrogen and oxygen atoms in total. The van der Waals surface area contributed by atoms with E-state index < -0.39 is 28.0 Å². The second kappa shape index (κ2) is 5.71. The molecule has 1 aromatic carbocycles. The highest BCUT2D eigenvalue weighted by molar-refractivity contribution is 7.89. The van der Waals surface area contributed by atoms with Gasteiger partial charge in [-0.25, -0.2) is 13.1 Å². The highest BCUT2D eigenvalue weighted by atomic mass is 35.5. The van der Waals surface area contributed by atoms with Gasteiger partial charge in [0.05, 0.1) is 10.8 Å². The summed E-state index contributed by atoms with van der Waals surface area (Å²) in [6, 6.07) is 4.09. The molecule has 0 aliphatic heterocycles. The normalized spacial score (nSPS) is 22.9. The van der Waals surface area contributed by atoms with Gasteiger partial charge < -0.3 is 5.11 Å². The maximum absolute atomic E-state index is 12.4. The Bertz CT molecular complexity index is 629. The number of hydrogen-bond acceptors (Lipinski definition) is 3. The van der Waals surface area contributed by atoms with Crippen molar-refractivity contribution in [2.24, 2.45) is 5.92 Å². The van der Waals surface area contributed by atoms with Gasteiger partial charge >= 0.3 is 5.97 Å². The van der Waals surface area contributed by atoms with E-state index in [1.54, 1.807) is 19.1 Å². The summed E-state index contributed by atoms with van der Waals surface area (Å²) in [5, 5.41) is 9.46. The van der Waals surface area contributed by atoms with Crippen molar-refractivity contribution >= 4 is 27.6 Å². The molecule has 0 radical (unpaired) electrons. The lowest BCUT2D eigenvalue weighted by molar-refractivity contribution is -0.141. The molecule has 0 saturated heterocycles. The van der Waals surface area contributed by atoms with Crippen molar-refractivity contribution in [1.82, 2.24) is 4.72 Å². The highest BCUT2D eigenvalue weighted by Crippen LogP contribution is 2.29. The predicted molar refractivity (Wildman–Crippen MR) is 75.3 cm³/mol. The van der Waals surface area contributed by atoms with Crippen LogP contribution >= 0.6 is 11.6 Å². The Kier molecular flexibility index (Phi) is 4.36. The Morgan fingerprint density at radius 1 is 1.40 bits per heavy atom. The molecule has 0 spiro atoms. The number of sulfonamides is 1. The molecule has 0 aromatic heterocycles. The van der Waals surface area contributed by atoms with E-state index in [0.717, 1.165) is 0 Å². The zero-order valence-corrected chi connectivity index (χ0v) is 12.5. The molecule has 110 valence electrons. The molecule has 2 N–H and O–H groups in total. The highest BCUT2D eigenvalue weighted by Gasteiger charge is 2.36. The Morgan fingerprint density at radius 3 is 2.75 bits per heavy atom. The van der Waals surface area contributed by atoms with Gasteiger partial charge in [-0.15, -0.1) is 0 Å². The summed E-state index contributed by atoms with van der Waals surface area (Å²) in [5.41, 5.74) is 0.464. The number of nitrogens with one attached hydrogen (secondary N) is 1. The first-order chi connectivity index (χ1) is 9.33. The molecular weight excluding hydrogens is 302 g/mol. The second-order valence-corrected chi connectivity index (χ2v) is 7.06. The summed E-state index contributed by atoms with van der Waals surface area (Å²) in [6.07, 6.45) is 1.74. The van der Waals surface area contributed by atoms with Crippen molar-refractivity contribution in [3.63, 3.8) is 0 Å². The Balaban J connectivity index is 2.28. The summed E-state index contributed by atoms with van der Waals surface area (Å²) in [4.78, 5) is 11.2. The van der Waals surface area contributed by atoms with Gasteiger partial charge in [0.1, 0.15) is 0 Å². The third kappa shape index (κ3) is 2.97. The van der Waals surface area contributed by atoms with Crippen LogP contribution in [-0.4, -0.2) is 25.5 Å². The predicted octanol–water partition coefficient (Wildman–Crippen LogP) is 2.18. The summed E-state index contributed by atoms with van der Waals surface area (Å²) >= 11 is 5.93. The number of hydrogen-bond donors (Lipinski definition) is 2. The van der Waals surface area contributed by atoms with Gasteiger partial charge in [0, 0.05) is 11.1 Å². The van der Waals surface area contributed by atoms with Crippen LogP contribution in [0.25, 0.3) is 0 Å². The monoisotopic (exact) mass is 317 g/mol. The molecule has 2 unspecified atom stereocenters. The van der Waals surface area contributed by atoms with Gasteiger partial charge in [0.25, 0.3) is 0 Å². The largest absolute Gasteiger partial charge is 0.481 e. The first kappa shape index (κ1) is 15.3. The van der Waals surface area contributed by atoms with Gasteiger partial charge in [-0.3, -0.25) is 4.79 Å². The van der Waals surface area contributed by atoms with Gasteiger partial charge in [0.2, 0.25) is 10.0 Å². The molecule has 0 amide bonds. The van der Waals surface area contributed by atoms with E-state index >= 15 is 0 Å². The SMILES string of the molecule is Cc1c(Cl)cccc1S(=O)(=O)NC1CCCC1C(=O)O. The molecule has 0 bridgehead atoms. The van der Waals surface area contributed by atoms with Crippen LogP contribution in [0.15, 0.2) is 23.1 Å². The first-order valence-corrected chi connectivity index (χ1v) is 8.19. The van der Waals surface area contributed by atoms with Crippen molar-refractivity contribution in [2.45, 2.75) is 37.1 Å². The molecule has 1 saturated carbocycles. The van der Waals surface area contributed by atoms with E-state index in [1.165, 1.54) is 6.07 Å². The molecule has 7 heteroatoms. The standard InChI is InChI=1S/C13H16ClNO4S/c1-8-10(14)5-3-7-12(8)20(18,19)15-11-6-2-4-9(11)13(16)17/h3,5,7,9,11,15H,2,4,6H2,1H3,(H,16,17). The smallest absolute Gasteiger partial charge is 0.308 e. The number of carbonyl (C=O) groups is 1. The van der Waals surface area contributed by atoms with E-state index in [1.807, 2.05) is 0 Å². The Labute approximate surface area is 123 Å². The molecule has 2 atom stereocenters. The molecule has 2 rings (SSSR count). The molecule has 20 heavy (non-hydrogen) atoms. The molecule has 0 heterocycles. The molecule has 1 aliphatic rings. The van der Waals surface area contributed by atoms with Gasteiger partial charge in [0.15, 0.2) is 0 Å². The van der Waals surface area contributed by atoms with Gasteiger partial charge in [-0.1, -0.05) is 24.1 Å². The average Bonchev–Trinajstić information content (AvgIpc) is 2.79. The van der Waals surface area contributed by atoms with Gasteiger partial charge in [-0.05, 0) is 37.5 Å². The summed E-state index contributed by atoms with van der Waals surface area (Å²) in [6.45, 7) is 1.63. The van der Waals surface area contributed by atoms with E-state index in [4.69, 9.17) is 16.7 Å². The minimum absolute atomic E-state index is 0.0982. The van der Waals surface area contributed by atoms with Crippen LogP contribution in [0.1, 0.15) is 24.8 Å². The fourth-order valence-corrected chi connectivity index (χ4v) is 4.35. The van der Waals surface area contributed by atoms with Crippen molar-refractivity contribution < 1.29 is 18.3 Å². The van der Waals surface area contributed by atoms with E-state index in [-0.39, 0.29) is 4.90 Å². The summed E-state index contributed by atoms with van der Waals surface area (Å²) < 4.78 is 27.2. The first-order valence-electron chi connectivity index (χ1n) is 6.33. The van der Waals surface area contributed by atoms with Crippen molar-refractivity contribution in [3.8, 4) is 0 Å². The zero-order chi connectivity index (χ0) is 14.9. The average molecular weight is 318 g/mol. The number of carboxylic acid groups (broad SMARTS) is 1. The molecular formula is C13H16ClNO4S. The van der Waals surface area contributed by atoms with Crippen molar-refractivity contribution in [2.75, 3.05) is 0 Å². The third-order valence-corrected chi connectivity index (χ3v) is 5.69. The molecule has 1 aromatic rings. The number of halogens is 1. The van der Waals surface area contributed by atoms with Crippen molar-refractivity contribution in [3.05, 3.63) is 28.8 Å².